The van der Waals surface area contributed by atoms with E-state index >= 15 is 0 Å². The van der Waals surface area contributed by atoms with Crippen molar-refractivity contribution in [3.63, 3.8) is 0 Å². The third-order valence-corrected chi connectivity index (χ3v) is 4.64. The van der Waals surface area contributed by atoms with Crippen LogP contribution in [0.2, 0.25) is 4.34 Å². The zero-order valence-electron chi connectivity index (χ0n) is 11.6. The second-order valence-electron chi connectivity index (χ2n) is 4.74. The van der Waals surface area contributed by atoms with Crippen LogP contribution in [0.1, 0.15) is 43.8 Å². The van der Waals surface area contributed by atoms with Crippen molar-refractivity contribution in [1.82, 2.24) is 4.90 Å². The number of Topliss-reactive ketones (excluding diaryl/α,β-unsaturated/α-hetero) is 1. The van der Waals surface area contributed by atoms with Gasteiger partial charge in [-0.3, -0.25) is 9.69 Å². The van der Waals surface area contributed by atoms with Gasteiger partial charge in [0.2, 0.25) is 0 Å². The van der Waals surface area contributed by atoms with E-state index in [2.05, 4.69) is 25.7 Å². The number of hydrogen-bond donors (Lipinski definition) is 0. The van der Waals surface area contributed by atoms with Crippen LogP contribution in [-0.2, 0) is 0 Å². The maximum absolute atomic E-state index is 12.3. The number of rotatable bonds is 7. The highest BCUT2D eigenvalue weighted by molar-refractivity contribution is 7.18. The second-order valence-corrected chi connectivity index (χ2v) is 6.46. The van der Waals surface area contributed by atoms with Crippen molar-refractivity contribution >= 4 is 28.7 Å². The minimum atomic E-state index is -0.0706. The quantitative estimate of drug-likeness (QED) is 0.695. The Kier molecular flexibility index (Phi) is 6.33. The van der Waals surface area contributed by atoms with Crippen molar-refractivity contribution in [2.24, 2.45) is 5.92 Å². The third-order valence-electron chi connectivity index (χ3n) is 3.39. The average molecular weight is 288 g/mol. The van der Waals surface area contributed by atoms with Crippen LogP contribution in [0.25, 0.3) is 0 Å². The number of carbonyl (C=O) groups excluding carboxylic acids is 1. The second kappa shape index (κ2) is 7.27. The van der Waals surface area contributed by atoms with Crippen molar-refractivity contribution in [2.75, 3.05) is 13.1 Å². The Balaban J connectivity index is 2.71. The maximum atomic E-state index is 12.3. The van der Waals surface area contributed by atoms with Crippen LogP contribution in [0.15, 0.2) is 12.1 Å². The number of carbonyl (C=O) groups is 1. The van der Waals surface area contributed by atoms with Crippen LogP contribution in [-0.4, -0.2) is 29.8 Å². The van der Waals surface area contributed by atoms with Crippen LogP contribution >= 0.6 is 22.9 Å². The molecule has 1 rings (SSSR count). The number of likely N-dealkylation sites (N-methyl/N-ethyl adjacent to an activating group) is 1. The molecule has 2 nitrogen and oxygen atoms in total. The van der Waals surface area contributed by atoms with E-state index in [9.17, 15) is 4.79 Å². The van der Waals surface area contributed by atoms with E-state index in [0.717, 1.165) is 24.4 Å². The Bertz CT molecular complexity index is 391. The minimum absolute atomic E-state index is 0.0706. The standard InChI is InChI=1S/C14H22ClNOS/c1-5-10(3)9-16(6-2)11(4)14(17)12-7-8-13(15)18-12/h7-8,10-11H,5-6,9H2,1-4H3. The average Bonchev–Trinajstić information content (AvgIpc) is 2.80. The molecular weight excluding hydrogens is 266 g/mol. The van der Waals surface area contributed by atoms with Gasteiger partial charge in [-0.15, -0.1) is 11.3 Å². The summed E-state index contributed by atoms with van der Waals surface area (Å²) in [5, 5.41) is 0. The molecule has 0 aromatic carbocycles. The highest BCUT2D eigenvalue weighted by Gasteiger charge is 2.23. The van der Waals surface area contributed by atoms with E-state index in [1.807, 2.05) is 13.0 Å². The molecule has 0 aliphatic heterocycles. The first-order chi connectivity index (χ1) is 8.49. The molecule has 0 fully saturated rings. The molecule has 0 spiro atoms. The van der Waals surface area contributed by atoms with Gasteiger partial charge in [0.05, 0.1) is 15.3 Å². The van der Waals surface area contributed by atoms with Gasteiger partial charge in [0, 0.05) is 6.54 Å². The molecule has 0 amide bonds. The Morgan fingerprint density at radius 2 is 2.06 bits per heavy atom. The Morgan fingerprint density at radius 1 is 1.39 bits per heavy atom. The predicted octanol–water partition coefficient (Wildman–Crippen LogP) is 4.34. The monoisotopic (exact) mass is 287 g/mol. The molecule has 1 aromatic heterocycles. The highest BCUT2D eigenvalue weighted by Crippen LogP contribution is 2.24. The predicted molar refractivity (Wildman–Crippen MR) is 79.8 cm³/mol. The SMILES string of the molecule is CCC(C)CN(CC)C(C)C(=O)c1ccc(Cl)s1. The van der Waals surface area contributed by atoms with Gasteiger partial charge in [0.25, 0.3) is 0 Å². The number of thiophene rings is 1. The van der Waals surface area contributed by atoms with Crippen LogP contribution in [0.5, 0.6) is 0 Å². The molecule has 0 saturated heterocycles. The van der Waals surface area contributed by atoms with Crippen LogP contribution < -0.4 is 0 Å². The van der Waals surface area contributed by atoms with E-state index < -0.39 is 0 Å². The van der Waals surface area contributed by atoms with Gasteiger partial charge in [0.1, 0.15) is 0 Å². The number of halogens is 1. The minimum Gasteiger partial charge on any atom is -0.293 e. The van der Waals surface area contributed by atoms with Crippen LogP contribution in [0.4, 0.5) is 0 Å². The molecule has 0 saturated carbocycles. The lowest BCUT2D eigenvalue weighted by atomic mass is 10.1. The smallest absolute Gasteiger partial charge is 0.189 e. The molecule has 0 radical (unpaired) electrons. The summed E-state index contributed by atoms with van der Waals surface area (Å²) >= 11 is 7.25. The number of ketones is 1. The molecule has 4 heteroatoms. The molecule has 0 N–H and O–H groups in total. The van der Waals surface area contributed by atoms with Crippen molar-refractivity contribution in [1.29, 1.82) is 0 Å². The lowest BCUT2D eigenvalue weighted by Gasteiger charge is -2.28. The lowest BCUT2D eigenvalue weighted by molar-refractivity contribution is 0.0829. The van der Waals surface area contributed by atoms with E-state index in [4.69, 9.17) is 11.6 Å². The zero-order chi connectivity index (χ0) is 13.7. The highest BCUT2D eigenvalue weighted by atomic mass is 35.5. The summed E-state index contributed by atoms with van der Waals surface area (Å²) in [6.45, 7) is 10.4. The Morgan fingerprint density at radius 3 is 2.50 bits per heavy atom. The first-order valence-corrected chi connectivity index (χ1v) is 7.72. The van der Waals surface area contributed by atoms with E-state index in [0.29, 0.717) is 10.3 Å². The molecule has 2 atom stereocenters. The van der Waals surface area contributed by atoms with E-state index in [-0.39, 0.29) is 11.8 Å². The molecule has 1 heterocycles. The number of hydrogen-bond acceptors (Lipinski definition) is 3. The summed E-state index contributed by atoms with van der Waals surface area (Å²) < 4.78 is 0.676. The van der Waals surface area contributed by atoms with Crippen LogP contribution in [0.3, 0.4) is 0 Å². The fourth-order valence-corrected chi connectivity index (χ4v) is 2.97. The third kappa shape index (κ3) is 4.08. The molecular formula is C14H22ClNOS. The molecule has 0 aliphatic rings. The normalized spacial score (nSPS) is 14.8. The Hall–Kier alpha value is -0.380. The van der Waals surface area contributed by atoms with Gasteiger partial charge in [0.15, 0.2) is 5.78 Å². The van der Waals surface area contributed by atoms with Gasteiger partial charge in [-0.05, 0) is 31.5 Å². The molecule has 0 aliphatic carbocycles. The lowest BCUT2D eigenvalue weighted by Crippen LogP contribution is -2.41. The maximum Gasteiger partial charge on any atom is 0.189 e. The molecule has 2 unspecified atom stereocenters. The Labute approximate surface area is 119 Å². The van der Waals surface area contributed by atoms with E-state index in [1.54, 1.807) is 6.07 Å². The summed E-state index contributed by atoms with van der Waals surface area (Å²) in [5.41, 5.74) is 0. The van der Waals surface area contributed by atoms with Gasteiger partial charge in [-0.25, -0.2) is 0 Å². The molecule has 102 valence electrons. The van der Waals surface area contributed by atoms with Gasteiger partial charge >= 0.3 is 0 Å². The molecule has 1 aromatic rings. The van der Waals surface area contributed by atoms with Crippen molar-refractivity contribution < 1.29 is 4.79 Å². The first kappa shape index (κ1) is 15.7. The van der Waals surface area contributed by atoms with Gasteiger partial charge in [-0.2, -0.15) is 0 Å². The fraction of sp³-hybridized carbons (Fsp3) is 0.643. The fourth-order valence-electron chi connectivity index (χ4n) is 1.91. The summed E-state index contributed by atoms with van der Waals surface area (Å²) in [6.07, 6.45) is 1.14. The summed E-state index contributed by atoms with van der Waals surface area (Å²) in [7, 11) is 0. The zero-order valence-corrected chi connectivity index (χ0v) is 13.1. The topological polar surface area (TPSA) is 20.3 Å². The van der Waals surface area contributed by atoms with Crippen LogP contribution in [0, 0.1) is 5.92 Å². The van der Waals surface area contributed by atoms with Gasteiger partial charge < -0.3 is 0 Å². The molecule has 18 heavy (non-hydrogen) atoms. The first-order valence-electron chi connectivity index (χ1n) is 6.53. The summed E-state index contributed by atoms with van der Waals surface area (Å²) in [6, 6.07) is 3.54. The van der Waals surface area contributed by atoms with E-state index in [1.165, 1.54) is 11.3 Å². The van der Waals surface area contributed by atoms with Crippen molar-refractivity contribution in [3.8, 4) is 0 Å². The summed E-state index contributed by atoms with van der Waals surface area (Å²) in [4.78, 5) is 15.3. The van der Waals surface area contributed by atoms with Gasteiger partial charge in [-0.1, -0.05) is 38.8 Å². The number of nitrogens with zero attached hydrogens (tertiary/aromatic N) is 1. The summed E-state index contributed by atoms with van der Waals surface area (Å²) in [5.74, 6) is 0.796. The van der Waals surface area contributed by atoms with Crippen molar-refractivity contribution in [2.45, 2.75) is 40.2 Å². The molecule has 0 bridgehead atoms. The van der Waals surface area contributed by atoms with Crippen molar-refractivity contribution in [3.05, 3.63) is 21.3 Å². The largest absolute Gasteiger partial charge is 0.293 e.